The van der Waals surface area contributed by atoms with Crippen molar-refractivity contribution in [1.29, 1.82) is 0 Å². The minimum absolute atomic E-state index is 0.611. The van der Waals surface area contributed by atoms with Gasteiger partial charge < -0.3 is 5.32 Å². The fourth-order valence-corrected chi connectivity index (χ4v) is 2.66. The molecule has 2 aromatic rings. The van der Waals surface area contributed by atoms with E-state index in [1.54, 1.807) is 0 Å². The molecule has 1 heterocycles. The second-order valence-corrected chi connectivity index (χ2v) is 5.99. The molecule has 106 valence electrons. The van der Waals surface area contributed by atoms with Gasteiger partial charge in [0.1, 0.15) is 0 Å². The highest BCUT2D eigenvalue weighted by molar-refractivity contribution is 5.15. The number of aromatic nitrogens is 2. The minimum Gasteiger partial charge on any atom is -0.312 e. The van der Waals surface area contributed by atoms with Gasteiger partial charge in [0.25, 0.3) is 0 Å². The Balaban J connectivity index is 1.49. The van der Waals surface area contributed by atoms with Gasteiger partial charge in [-0.3, -0.25) is 4.68 Å². The monoisotopic (exact) mass is 269 g/mol. The third-order valence-electron chi connectivity index (χ3n) is 4.41. The second kappa shape index (κ2) is 5.80. The first-order valence-corrected chi connectivity index (χ1v) is 7.56. The molecule has 1 aromatic heterocycles. The van der Waals surface area contributed by atoms with Gasteiger partial charge in [0.15, 0.2) is 0 Å². The van der Waals surface area contributed by atoms with Crippen LogP contribution in [-0.4, -0.2) is 16.3 Å². The van der Waals surface area contributed by atoms with Gasteiger partial charge in [-0.1, -0.05) is 37.3 Å². The first-order chi connectivity index (χ1) is 9.80. The molecule has 1 aliphatic rings. The zero-order valence-electron chi connectivity index (χ0n) is 12.2. The standard InChI is InChI=1S/C17H23N3/c1-2-17(8-9-17)14-18-10-16-11-19-20(13-16)12-15-6-4-3-5-7-15/h3-7,11,13,18H,2,8-10,12,14H2,1H3. The summed E-state index contributed by atoms with van der Waals surface area (Å²) < 4.78 is 2.01. The van der Waals surface area contributed by atoms with E-state index in [0.29, 0.717) is 5.41 Å². The molecular formula is C17H23N3. The molecule has 0 spiro atoms. The summed E-state index contributed by atoms with van der Waals surface area (Å²) in [5.74, 6) is 0. The van der Waals surface area contributed by atoms with Crippen LogP contribution in [0.15, 0.2) is 42.7 Å². The van der Waals surface area contributed by atoms with E-state index in [-0.39, 0.29) is 0 Å². The average molecular weight is 269 g/mol. The van der Waals surface area contributed by atoms with E-state index in [1.165, 1.54) is 30.4 Å². The predicted molar refractivity (Wildman–Crippen MR) is 81.4 cm³/mol. The highest BCUT2D eigenvalue weighted by Crippen LogP contribution is 2.47. The predicted octanol–water partition coefficient (Wildman–Crippen LogP) is 3.21. The molecule has 1 saturated carbocycles. The van der Waals surface area contributed by atoms with Gasteiger partial charge in [-0.15, -0.1) is 0 Å². The largest absolute Gasteiger partial charge is 0.312 e. The van der Waals surface area contributed by atoms with E-state index in [4.69, 9.17) is 0 Å². The van der Waals surface area contributed by atoms with E-state index in [1.807, 2.05) is 16.9 Å². The fourth-order valence-electron chi connectivity index (χ4n) is 2.66. The van der Waals surface area contributed by atoms with Crippen LogP contribution in [0.4, 0.5) is 0 Å². The maximum Gasteiger partial charge on any atom is 0.0659 e. The Morgan fingerprint density at radius 2 is 2.00 bits per heavy atom. The fraction of sp³-hybridized carbons (Fsp3) is 0.471. The topological polar surface area (TPSA) is 29.9 Å². The van der Waals surface area contributed by atoms with Crippen molar-refractivity contribution >= 4 is 0 Å². The molecule has 0 amide bonds. The summed E-state index contributed by atoms with van der Waals surface area (Å²) >= 11 is 0. The molecule has 0 atom stereocenters. The van der Waals surface area contributed by atoms with E-state index in [9.17, 15) is 0 Å². The van der Waals surface area contributed by atoms with E-state index < -0.39 is 0 Å². The summed E-state index contributed by atoms with van der Waals surface area (Å²) in [4.78, 5) is 0. The molecule has 1 N–H and O–H groups in total. The smallest absolute Gasteiger partial charge is 0.0659 e. The van der Waals surface area contributed by atoms with Crippen molar-refractivity contribution < 1.29 is 0 Å². The van der Waals surface area contributed by atoms with Gasteiger partial charge in [-0.25, -0.2) is 0 Å². The highest BCUT2D eigenvalue weighted by Gasteiger charge is 2.39. The molecule has 0 unspecified atom stereocenters. The van der Waals surface area contributed by atoms with Crippen LogP contribution in [0, 0.1) is 5.41 Å². The maximum absolute atomic E-state index is 4.44. The molecule has 1 aliphatic carbocycles. The van der Waals surface area contributed by atoms with Crippen molar-refractivity contribution in [2.24, 2.45) is 5.41 Å². The molecule has 3 rings (SSSR count). The molecule has 3 nitrogen and oxygen atoms in total. The highest BCUT2D eigenvalue weighted by atomic mass is 15.3. The summed E-state index contributed by atoms with van der Waals surface area (Å²) in [6.07, 6.45) is 8.20. The van der Waals surface area contributed by atoms with E-state index >= 15 is 0 Å². The lowest BCUT2D eigenvalue weighted by Crippen LogP contribution is -2.22. The van der Waals surface area contributed by atoms with Crippen LogP contribution >= 0.6 is 0 Å². The Morgan fingerprint density at radius 3 is 2.70 bits per heavy atom. The Bertz CT molecular complexity index is 540. The molecule has 0 aliphatic heterocycles. The zero-order chi connectivity index (χ0) is 13.8. The lowest BCUT2D eigenvalue weighted by molar-refractivity contribution is 0.443. The molecular weight excluding hydrogens is 246 g/mol. The molecule has 0 radical (unpaired) electrons. The summed E-state index contributed by atoms with van der Waals surface area (Å²) in [5.41, 5.74) is 3.17. The van der Waals surface area contributed by atoms with E-state index in [0.717, 1.165) is 19.6 Å². The van der Waals surface area contributed by atoms with Crippen LogP contribution in [0.25, 0.3) is 0 Å². The van der Waals surface area contributed by atoms with Crippen molar-refractivity contribution in [2.75, 3.05) is 6.54 Å². The number of hydrogen-bond donors (Lipinski definition) is 1. The van der Waals surface area contributed by atoms with Crippen LogP contribution in [0.2, 0.25) is 0 Å². The van der Waals surface area contributed by atoms with Gasteiger partial charge in [0.2, 0.25) is 0 Å². The second-order valence-electron chi connectivity index (χ2n) is 5.99. The van der Waals surface area contributed by atoms with Gasteiger partial charge in [0, 0.05) is 24.8 Å². The average Bonchev–Trinajstić information content (AvgIpc) is 3.13. The molecule has 0 saturated heterocycles. The Kier molecular flexibility index (Phi) is 3.88. The van der Waals surface area contributed by atoms with Crippen LogP contribution in [0.5, 0.6) is 0 Å². The summed E-state index contributed by atoms with van der Waals surface area (Å²) in [6, 6.07) is 10.5. The minimum atomic E-state index is 0.611. The third kappa shape index (κ3) is 3.28. The Morgan fingerprint density at radius 1 is 1.20 bits per heavy atom. The zero-order valence-corrected chi connectivity index (χ0v) is 12.2. The lowest BCUT2D eigenvalue weighted by Gasteiger charge is -2.12. The summed E-state index contributed by atoms with van der Waals surface area (Å²) in [6.45, 7) is 5.22. The van der Waals surface area contributed by atoms with Crippen molar-refractivity contribution in [3.63, 3.8) is 0 Å². The van der Waals surface area contributed by atoms with Gasteiger partial charge in [-0.2, -0.15) is 5.10 Å². The summed E-state index contributed by atoms with van der Waals surface area (Å²) in [7, 11) is 0. The van der Waals surface area contributed by atoms with Gasteiger partial charge in [0.05, 0.1) is 12.7 Å². The summed E-state index contributed by atoms with van der Waals surface area (Å²) in [5, 5.41) is 8.02. The first kappa shape index (κ1) is 13.4. The molecule has 20 heavy (non-hydrogen) atoms. The number of hydrogen-bond acceptors (Lipinski definition) is 2. The van der Waals surface area contributed by atoms with Gasteiger partial charge >= 0.3 is 0 Å². The SMILES string of the molecule is CCC1(CNCc2cnn(Cc3ccccc3)c2)CC1. The van der Waals surface area contributed by atoms with Crippen LogP contribution in [-0.2, 0) is 13.1 Å². The number of rotatable bonds is 7. The third-order valence-corrected chi connectivity index (χ3v) is 4.41. The number of nitrogens with zero attached hydrogens (tertiary/aromatic N) is 2. The van der Waals surface area contributed by atoms with Gasteiger partial charge in [-0.05, 0) is 30.2 Å². The molecule has 1 fully saturated rings. The van der Waals surface area contributed by atoms with Crippen molar-refractivity contribution in [3.05, 3.63) is 53.9 Å². The van der Waals surface area contributed by atoms with Crippen molar-refractivity contribution in [1.82, 2.24) is 15.1 Å². The Hall–Kier alpha value is -1.61. The van der Waals surface area contributed by atoms with Crippen LogP contribution < -0.4 is 5.32 Å². The van der Waals surface area contributed by atoms with Crippen molar-refractivity contribution in [2.45, 2.75) is 39.3 Å². The quantitative estimate of drug-likeness (QED) is 0.836. The molecule has 0 bridgehead atoms. The number of benzene rings is 1. The first-order valence-electron chi connectivity index (χ1n) is 7.56. The maximum atomic E-state index is 4.44. The molecule has 3 heteroatoms. The normalized spacial score (nSPS) is 16.2. The molecule has 1 aromatic carbocycles. The lowest BCUT2D eigenvalue weighted by atomic mass is 10.0. The van der Waals surface area contributed by atoms with Crippen LogP contribution in [0.3, 0.4) is 0 Å². The van der Waals surface area contributed by atoms with Crippen molar-refractivity contribution in [3.8, 4) is 0 Å². The van der Waals surface area contributed by atoms with E-state index in [2.05, 4.69) is 47.8 Å². The Labute approximate surface area is 121 Å². The van der Waals surface area contributed by atoms with Crippen LogP contribution in [0.1, 0.15) is 37.3 Å². The number of nitrogens with one attached hydrogen (secondary N) is 1.